The van der Waals surface area contributed by atoms with Crippen molar-refractivity contribution in [3.8, 4) is 11.4 Å². The minimum absolute atomic E-state index is 0.0680. The molecule has 2 aliphatic heterocycles. The summed E-state index contributed by atoms with van der Waals surface area (Å²) < 4.78 is 6.23. The minimum Gasteiger partial charge on any atom is -0.479 e. The molecule has 0 bridgehead atoms. The number of carboxylic acid groups (broad SMARTS) is 1. The molecule has 2 aromatic rings. The third kappa shape index (κ3) is 6.95. The van der Waals surface area contributed by atoms with Crippen LogP contribution < -0.4 is 10.6 Å². The summed E-state index contributed by atoms with van der Waals surface area (Å²) in [7, 11) is 0. The molecule has 14 heteroatoms. The number of carboxylic acids is 1. The second-order valence-corrected chi connectivity index (χ2v) is 13.5. The molecule has 1 aliphatic carbocycles. The van der Waals surface area contributed by atoms with Crippen LogP contribution in [0.15, 0.2) is 40.9 Å². The average Bonchev–Trinajstić information content (AvgIpc) is 3.26. The summed E-state index contributed by atoms with van der Waals surface area (Å²) in [6, 6.07) is 4.96. The lowest BCUT2D eigenvalue weighted by Crippen LogP contribution is -2.56. The molecule has 236 valence electrons. The molecule has 5 rings (SSSR count). The number of fused-ring (bicyclic) bond motifs is 2. The van der Waals surface area contributed by atoms with Crippen molar-refractivity contribution in [2.45, 2.75) is 95.0 Å². The number of carbonyl (C=O) groups excluding carboxylic acids is 3. The number of rotatable bonds is 4. The second-order valence-electron chi connectivity index (χ2n) is 12.7. The number of halogens is 1. The van der Waals surface area contributed by atoms with Crippen molar-refractivity contribution in [1.29, 1.82) is 0 Å². The number of benzene rings is 1. The third-order valence-corrected chi connectivity index (χ3v) is 8.89. The molecule has 1 aromatic carbocycles. The van der Waals surface area contributed by atoms with Crippen LogP contribution in [0, 0.1) is 5.92 Å². The molecule has 44 heavy (non-hydrogen) atoms. The van der Waals surface area contributed by atoms with Crippen LogP contribution >= 0.6 is 15.9 Å². The fraction of sp³-hybridized carbons (Fsp3) is 0.567. The lowest BCUT2D eigenvalue weighted by molar-refractivity contribution is -0.145. The molecule has 3 amide bonds. The lowest BCUT2D eigenvalue weighted by Gasteiger charge is -2.30. The third-order valence-electron chi connectivity index (χ3n) is 8.20. The number of nitrogens with one attached hydrogen (secondary N) is 2. The fourth-order valence-electron chi connectivity index (χ4n) is 5.83. The maximum absolute atomic E-state index is 14.1. The van der Waals surface area contributed by atoms with Crippen LogP contribution in [0.1, 0.15) is 71.8 Å². The van der Waals surface area contributed by atoms with Gasteiger partial charge in [-0.15, -0.1) is 10.2 Å². The van der Waals surface area contributed by atoms with Crippen LogP contribution in [-0.2, 0) is 19.1 Å². The maximum Gasteiger partial charge on any atom is 0.408 e. The fourth-order valence-corrected chi connectivity index (χ4v) is 6.29. The van der Waals surface area contributed by atoms with E-state index in [0.29, 0.717) is 18.7 Å². The summed E-state index contributed by atoms with van der Waals surface area (Å²) in [6.07, 6.45) is 6.93. The van der Waals surface area contributed by atoms with Gasteiger partial charge in [-0.25, -0.2) is 9.59 Å². The van der Waals surface area contributed by atoms with Crippen molar-refractivity contribution < 1.29 is 29.0 Å². The second kappa shape index (κ2) is 12.7. The van der Waals surface area contributed by atoms with Gasteiger partial charge in [0.2, 0.25) is 17.6 Å². The zero-order valence-corrected chi connectivity index (χ0v) is 26.6. The number of aliphatic carboxylic acids is 1. The minimum atomic E-state index is -1.42. The van der Waals surface area contributed by atoms with Crippen LogP contribution in [-0.4, -0.2) is 83.9 Å². The van der Waals surface area contributed by atoms with Gasteiger partial charge in [-0.3, -0.25) is 9.59 Å². The summed E-state index contributed by atoms with van der Waals surface area (Å²) in [6.45, 7) is 5.28. The van der Waals surface area contributed by atoms with E-state index in [9.17, 15) is 24.3 Å². The van der Waals surface area contributed by atoms with Crippen LogP contribution in [0.2, 0.25) is 0 Å². The number of hydrogen-bond acceptors (Lipinski definition) is 8. The summed E-state index contributed by atoms with van der Waals surface area (Å²) in [5.41, 5.74) is -1.46. The van der Waals surface area contributed by atoms with E-state index < -0.39 is 53.1 Å². The van der Waals surface area contributed by atoms with Gasteiger partial charge in [0.1, 0.15) is 23.2 Å². The summed E-state index contributed by atoms with van der Waals surface area (Å²) in [4.78, 5) is 55.9. The number of allylic oxidation sites excluding steroid dienone is 1. The Balaban J connectivity index is 1.45. The van der Waals surface area contributed by atoms with Crippen LogP contribution in [0.4, 0.5) is 4.79 Å². The number of tetrazole rings is 1. The molecule has 3 heterocycles. The van der Waals surface area contributed by atoms with Gasteiger partial charge < -0.3 is 25.4 Å². The smallest absolute Gasteiger partial charge is 0.408 e. The Bertz CT molecular complexity index is 1460. The highest BCUT2D eigenvalue weighted by atomic mass is 79.9. The number of nitrogens with zero attached hydrogens (tertiary/aromatic N) is 5. The quantitative estimate of drug-likeness (QED) is 0.411. The summed E-state index contributed by atoms with van der Waals surface area (Å²) in [5, 5.41) is 28.5. The molecule has 1 aromatic heterocycles. The molecule has 0 unspecified atom stereocenters. The predicted molar refractivity (Wildman–Crippen MR) is 162 cm³/mol. The number of ether oxygens (including phenoxy) is 1. The highest BCUT2D eigenvalue weighted by Crippen LogP contribution is 2.45. The molecule has 3 N–H and O–H groups in total. The Labute approximate surface area is 263 Å². The largest absolute Gasteiger partial charge is 0.479 e. The molecular formula is C30H38BrN7O6. The Morgan fingerprint density at radius 3 is 2.68 bits per heavy atom. The number of carbonyl (C=O) groups is 4. The topological polar surface area (TPSA) is 169 Å². The van der Waals surface area contributed by atoms with Gasteiger partial charge in [-0.05, 0) is 63.8 Å². The van der Waals surface area contributed by atoms with Crippen molar-refractivity contribution in [1.82, 2.24) is 35.7 Å². The molecule has 13 nitrogen and oxygen atoms in total. The van der Waals surface area contributed by atoms with Gasteiger partial charge in [0, 0.05) is 28.9 Å². The lowest BCUT2D eigenvalue weighted by atomic mass is 10.0. The van der Waals surface area contributed by atoms with E-state index in [1.165, 1.54) is 9.70 Å². The van der Waals surface area contributed by atoms with Crippen LogP contribution in [0.3, 0.4) is 0 Å². The number of amides is 3. The Morgan fingerprint density at radius 1 is 1.18 bits per heavy atom. The first kappa shape index (κ1) is 31.6. The average molecular weight is 673 g/mol. The Hall–Kier alpha value is -3.81. The molecule has 5 atom stereocenters. The summed E-state index contributed by atoms with van der Waals surface area (Å²) >= 11 is 3.50. The van der Waals surface area contributed by atoms with Gasteiger partial charge in [0.15, 0.2) is 0 Å². The highest BCUT2D eigenvalue weighted by molar-refractivity contribution is 9.10. The van der Waals surface area contributed by atoms with Gasteiger partial charge >= 0.3 is 12.1 Å². The Kier molecular flexibility index (Phi) is 9.10. The first-order valence-electron chi connectivity index (χ1n) is 14.9. The molecule has 2 fully saturated rings. The monoisotopic (exact) mass is 671 g/mol. The summed E-state index contributed by atoms with van der Waals surface area (Å²) in [5.74, 6) is -2.09. The highest BCUT2D eigenvalue weighted by Gasteiger charge is 2.61. The van der Waals surface area contributed by atoms with Crippen molar-refractivity contribution in [2.75, 3.05) is 6.54 Å². The van der Waals surface area contributed by atoms with E-state index in [4.69, 9.17) is 4.74 Å². The number of hydrogen-bond donors (Lipinski definition) is 3. The zero-order chi connectivity index (χ0) is 31.6. The van der Waals surface area contributed by atoms with E-state index in [2.05, 4.69) is 42.0 Å². The van der Waals surface area contributed by atoms with Gasteiger partial charge in [-0.1, -0.05) is 53.1 Å². The maximum atomic E-state index is 14.1. The number of aromatic nitrogens is 4. The van der Waals surface area contributed by atoms with Crippen molar-refractivity contribution in [3.63, 3.8) is 0 Å². The standard InChI is InChI=1S/C30H38BrN7O6/c1-29(2,3)44-28(43)32-22-14-8-6-4-5-7-11-18-16-30(18,27(41)42)33-25(39)23-15-19(17-37(23)26(22)40)38-35-24(34-36-38)20-12-9-10-13-21(20)31/h7,9-13,18-19,22-23H,4-6,8,14-17H2,1-3H3,(H,32,43)(H,33,39)(H,41,42)/b11-7-/t18-,19-,22+,23+,30-/m1/s1. The van der Waals surface area contributed by atoms with Crippen molar-refractivity contribution in [3.05, 3.63) is 40.9 Å². The molecule has 1 saturated heterocycles. The molecule has 0 spiro atoms. The van der Waals surface area contributed by atoms with E-state index in [-0.39, 0.29) is 25.3 Å². The Morgan fingerprint density at radius 2 is 1.95 bits per heavy atom. The molecular weight excluding hydrogens is 634 g/mol. The normalized spacial score (nSPS) is 28.5. The van der Waals surface area contributed by atoms with Crippen LogP contribution in [0.5, 0.6) is 0 Å². The van der Waals surface area contributed by atoms with E-state index in [1.807, 2.05) is 36.4 Å². The van der Waals surface area contributed by atoms with Gasteiger partial charge in [-0.2, -0.15) is 4.80 Å². The SMILES string of the molecule is CC(C)(C)OC(=O)N[C@H]1CCCCC/C=C\[C@@H]2C[C@@]2(C(=O)O)NC(=O)[C@@H]2C[C@@H](n3nnc(-c4ccccc4Br)n3)CN2C1=O. The predicted octanol–water partition coefficient (Wildman–Crippen LogP) is 3.62. The molecule has 1 saturated carbocycles. The molecule has 0 radical (unpaired) electrons. The molecule has 3 aliphatic rings. The first-order chi connectivity index (χ1) is 20.9. The first-order valence-corrected chi connectivity index (χ1v) is 15.7. The van der Waals surface area contributed by atoms with E-state index in [1.54, 1.807) is 20.8 Å². The zero-order valence-electron chi connectivity index (χ0n) is 25.0. The van der Waals surface area contributed by atoms with E-state index in [0.717, 1.165) is 29.3 Å². The van der Waals surface area contributed by atoms with E-state index >= 15 is 0 Å². The van der Waals surface area contributed by atoms with Crippen molar-refractivity contribution in [2.24, 2.45) is 5.92 Å². The number of alkyl carbamates (subject to hydrolysis) is 1. The van der Waals surface area contributed by atoms with Crippen LogP contribution in [0.25, 0.3) is 11.4 Å². The van der Waals surface area contributed by atoms with Crippen molar-refractivity contribution >= 4 is 39.8 Å². The van der Waals surface area contributed by atoms with Gasteiger partial charge in [0.05, 0.1) is 6.04 Å². The van der Waals surface area contributed by atoms with Gasteiger partial charge in [0.25, 0.3) is 0 Å².